The lowest BCUT2D eigenvalue weighted by molar-refractivity contribution is -0.384. The molecule has 0 saturated heterocycles. The van der Waals surface area contributed by atoms with Crippen molar-refractivity contribution in [1.29, 1.82) is 0 Å². The summed E-state index contributed by atoms with van der Waals surface area (Å²) in [5, 5.41) is 13.5. The molecule has 0 aliphatic carbocycles. The number of nitro groups is 1. The molecule has 0 spiro atoms. The standard InChI is InChI=1S/C13H18N2O3/c1-8(2)5-12(16)14-13-9(3)6-11(15(17)18)7-10(13)4/h6-8H,5H2,1-4H3,(H,14,16). The van der Waals surface area contributed by atoms with E-state index in [1.165, 1.54) is 12.1 Å². The average Bonchev–Trinajstić information content (AvgIpc) is 2.21. The van der Waals surface area contributed by atoms with Crippen molar-refractivity contribution in [2.45, 2.75) is 34.1 Å². The second-order valence-electron chi connectivity index (χ2n) is 4.86. The third kappa shape index (κ3) is 3.55. The third-order valence-corrected chi connectivity index (χ3v) is 2.59. The molecule has 0 aromatic heterocycles. The van der Waals surface area contributed by atoms with Gasteiger partial charge in [0, 0.05) is 24.2 Å². The average molecular weight is 250 g/mol. The maximum absolute atomic E-state index is 11.7. The number of nitro benzene ring substituents is 1. The number of carbonyl (C=O) groups is 1. The number of rotatable bonds is 4. The van der Waals surface area contributed by atoms with Gasteiger partial charge in [-0.1, -0.05) is 13.8 Å². The van der Waals surface area contributed by atoms with Crippen LogP contribution in [0, 0.1) is 29.9 Å². The first kappa shape index (κ1) is 14.2. The Morgan fingerprint density at radius 1 is 1.33 bits per heavy atom. The van der Waals surface area contributed by atoms with Crippen LogP contribution < -0.4 is 5.32 Å². The second-order valence-corrected chi connectivity index (χ2v) is 4.86. The van der Waals surface area contributed by atoms with Gasteiger partial charge in [0.05, 0.1) is 4.92 Å². The van der Waals surface area contributed by atoms with Gasteiger partial charge < -0.3 is 5.32 Å². The van der Waals surface area contributed by atoms with Crippen molar-refractivity contribution in [1.82, 2.24) is 0 Å². The van der Waals surface area contributed by atoms with E-state index < -0.39 is 4.92 Å². The Bertz CT molecular complexity index is 458. The van der Waals surface area contributed by atoms with Crippen LogP contribution in [0.2, 0.25) is 0 Å². The highest BCUT2D eigenvalue weighted by atomic mass is 16.6. The number of hydrogen-bond donors (Lipinski definition) is 1. The Labute approximate surface area is 106 Å². The van der Waals surface area contributed by atoms with E-state index in [-0.39, 0.29) is 17.5 Å². The molecule has 1 rings (SSSR count). The molecular formula is C13H18N2O3. The largest absolute Gasteiger partial charge is 0.326 e. The fourth-order valence-corrected chi connectivity index (χ4v) is 1.80. The molecule has 0 atom stereocenters. The van der Waals surface area contributed by atoms with Gasteiger partial charge in [0.2, 0.25) is 5.91 Å². The second kappa shape index (κ2) is 5.62. The molecule has 1 N–H and O–H groups in total. The Balaban J connectivity index is 2.97. The number of benzene rings is 1. The first-order valence-electron chi connectivity index (χ1n) is 5.86. The Morgan fingerprint density at radius 3 is 2.22 bits per heavy atom. The summed E-state index contributed by atoms with van der Waals surface area (Å²) in [6, 6.07) is 2.94. The molecular weight excluding hydrogens is 232 g/mol. The third-order valence-electron chi connectivity index (χ3n) is 2.59. The van der Waals surface area contributed by atoms with Crippen LogP contribution in [-0.4, -0.2) is 10.8 Å². The Hall–Kier alpha value is -1.91. The molecule has 1 amide bonds. The van der Waals surface area contributed by atoms with Gasteiger partial charge in [-0.3, -0.25) is 14.9 Å². The summed E-state index contributed by atoms with van der Waals surface area (Å²) >= 11 is 0. The smallest absolute Gasteiger partial charge is 0.270 e. The number of nitrogens with zero attached hydrogens (tertiary/aromatic N) is 1. The van der Waals surface area contributed by atoms with Crippen molar-refractivity contribution in [2.24, 2.45) is 5.92 Å². The van der Waals surface area contributed by atoms with Gasteiger partial charge in [0.1, 0.15) is 0 Å². The summed E-state index contributed by atoms with van der Waals surface area (Å²) in [6.45, 7) is 7.44. The number of non-ortho nitro benzene ring substituents is 1. The highest BCUT2D eigenvalue weighted by molar-refractivity contribution is 5.92. The number of carbonyl (C=O) groups excluding carboxylic acids is 1. The molecule has 0 heterocycles. The lowest BCUT2D eigenvalue weighted by Crippen LogP contribution is -2.15. The van der Waals surface area contributed by atoms with Crippen molar-refractivity contribution < 1.29 is 9.72 Å². The van der Waals surface area contributed by atoms with Gasteiger partial charge in [0.15, 0.2) is 0 Å². The summed E-state index contributed by atoms with van der Waals surface area (Å²) in [5.74, 6) is 0.216. The van der Waals surface area contributed by atoms with Gasteiger partial charge in [0.25, 0.3) is 5.69 Å². The van der Waals surface area contributed by atoms with Gasteiger partial charge in [-0.05, 0) is 30.9 Å². The Kier molecular flexibility index (Phi) is 4.42. The van der Waals surface area contributed by atoms with E-state index in [0.29, 0.717) is 23.2 Å². The molecule has 1 aromatic rings. The molecule has 0 fully saturated rings. The fourth-order valence-electron chi connectivity index (χ4n) is 1.80. The number of amides is 1. The predicted octanol–water partition coefficient (Wildman–Crippen LogP) is 3.20. The molecule has 0 bridgehead atoms. The molecule has 5 heteroatoms. The van der Waals surface area contributed by atoms with Crippen LogP contribution in [0.25, 0.3) is 0 Å². The van der Waals surface area contributed by atoms with Crippen LogP contribution in [0.5, 0.6) is 0 Å². The van der Waals surface area contributed by atoms with Gasteiger partial charge >= 0.3 is 0 Å². The SMILES string of the molecule is Cc1cc([N+](=O)[O-])cc(C)c1NC(=O)CC(C)C. The molecule has 0 radical (unpaired) electrons. The minimum absolute atomic E-state index is 0.0480. The van der Waals surface area contributed by atoms with Crippen LogP contribution in [0.3, 0.4) is 0 Å². The van der Waals surface area contributed by atoms with E-state index in [2.05, 4.69) is 5.32 Å². The van der Waals surface area contributed by atoms with Crippen molar-refractivity contribution in [2.75, 3.05) is 5.32 Å². The molecule has 0 saturated carbocycles. The lowest BCUT2D eigenvalue weighted by Gasteiger charge is -2.12. The van der Waals surface area contributed by atoms with Crippen LogP contribution in [0.4, 0.5) is 11.4 Å². The van der Waals surface area contributed by atoms with Crippen LogP contribution >= 0.6 is 0 Å². The van der Waals surface area contributed by atoms with Crippen LogP contribution in [-0.2, 0) is 4.79 Å². The highest BCUT2D eigenvalue weighted by Crippen LogP contribution is 2.26. The van der Waals surface area contributed by atoms with Crippen LogP contribution in [0.15, 0.2) is 12.1 Å². The first-order chi connectivity index (χ1) is 8.31. The molecule has 1 aromatic carbocycles. The van der Waals surface area contributed by atoms with Gasteiger partial charge in [-0.2, -0.15) is 0 Å². The lowest BCUT2D eigenvalue weighted by atomic mass is 10.1. The quantitative estimate of drug-likeness (QED) is 0.658. The van der Waals surface area contributed by atoms with E-state index in [0.717, 1.165) is 0 Å². The number of nitrogens with one attached hydrogen (secondary N) is 1. The summed E-state index contributed by atoms with van der Waals surface area (Å²) in [4.78, 5) is 22.0. The van der Waals surface area contributed by atoms with E-state index >= 15 is 0 Å². The molecule has 0 unspecified atom stereocenters. The number of hydrogen-bond acceptors (Lipinski definition) is 3. The van der Waals surface area contributed by atoms with E-state index in [9.17, 15) is 14.9 Å². The monoisotopic (exact) mass is 250 g/mol. The van der Waals surface area contributed by atoms with E-state index in [1.54, 1.807) is 13.8 Å². The van der Waals surface area contributed by atoms with Crippen molar-refractivity contribution in [3.05, 3.63) is 33.4 Å². The molecule has 98 valence electrons. The van der Waals surface area contributed by atoms with E-state index in [4.69, 9.17) is 0 Å². The number of aryl methyl sites for hydroxylation is 2. The first-order valence-corrected chi connectivity index (χ1v) is 5.86. The highest BCUT2D eigenvalue weighted by Gasteiger charge is 2.14. The fraction of sp³-hybridized carbons (Fsp3) is 0.462. The summed E-state index contributed by atoms with van der Waals surface area (Å²) in [7, 11) is 0. The topological polar surface area (TPSA) is 72.2 Å². The molecule has 5 nitrogen and oxygen atoms in total. The molecule has 0 aliphatic heterocycles. The van der Waals surface area contributed by atoms with Crippen LogP contribution in [0.1, 0.15) is 31.4 Å². The van der Waals surface area contributed by atoms with Crippen molar-refractivity contribution in [3.8, 4) is 0 Å². The van der Waals surface area contributed by atoms with Crippen molar-refractivity contribution >= 4 is 17.3 Å². The minimum atomic E-state index is -0.431. The predicted molar refractivity (Wildman–Crippen MR) is 70.7 cm³/mol. The summed E-state index contributed by atoms with van der Waals surface area (Å²) in [5.41, 5.74) is 2.13. The maximum atomic E-state index is 11.7. The number of anilines is 1. The zero-order chi connectivity index (χ0) is 13.9. The Morgan fingerprint density at radius 2 is 1.83 bits per heavy atom. The zero-order valence-corrected chi connectivity index (χ0v) is 11.1. The van der Waals surface area contributed by atoms with Crippen molar-refractivity contribution in [3.63, 3.8) is 0 Å². The zero-order valence-electron chi connectivity index (χ0n) is 11.1. The minimum Gasteiger partial charge on any atom is -0.326 e. The van der Waals surface area contributed by atoms with Gasteiger partial charge in [-0.25, -0.2) is 0 Å². The van der Waals surface area contributed by atoms with E-state index in [1.807, 2.05) is 13.8 Å². The molecule has 18 heavy (non-hydrogen) atoms. The van der Waals surface area contributed by atoms with Gasteiger partial charge in [-0.15, -0.1) is 0 Å². The maximum Gasteiger partial charge on any atom is 0.270 e. The molecule has 0 aliphatic rings. The summed E-state index contributed by atoms with van der Waals surface area (Å²) in [6.07, 6.45) is 0.440. The normalized spacial score (nSPS) is 10.5. The summed E-state index contributed by atoms with van der Waals surface area (Å²) < 4.78 is 0.